The molecule has 0 aliphatic carbocycles. The van der Waals surface area contributed by atoms with E-state index in [-0.39, 0.29) is 0 Å². The van der Waals surface area contributed by atoms with E-state index in [0.717, 1.165) is 19.6 Å². The van der Waals surface area contributed by atoms with E-state index in [0.29, 0.717) is 17.8 Å². The molecule has 1 aromatic rings. The van der Waals surface area contributed by atoms with Crippen molar-refractivity contribution in [2.24, 2.45) is 0 Å². The van der Waals surface area contributed by atoms with Gasteiger partial charge in [-0.05, 0) is 50.9 Å². The van der Waals surface area contributed by atoms with Gasteiger partial charge in [-0.15, -0.1) is 0 Å². The first-order valence-electron chi connectivity index (χ1n) is 7.40. The van der Waals surface area contributed by atoms with Crippen LogP contribution >= 0.6 is 0 Å². The summed E-state index contributed by atoms with van der Waals surface area (Å²) in [4.78, 5) is 2.48. The summed E-state index contributed by atoms with van der Waals surface area (Å²) >= 11 is 0. The largest absolute Gasteiger partial charge is 0.508 e. The third-order valence-corrected chi connectivity index (χ3v) is 3.89. The van der Waals surface area contributed by atoms with Gasteiger partial charge in [0.15, 0.2) is 0 Å². The summed E-state index contributed by atoms with van der Waals surface area (Å²) in [5, 5.41) is 13.2. The Morgan fingerprint density at radius 3 is 2.84 bits per heavy atom. The molecule has 1 aromatic carbocycles. The summed E-state index contributed by atoms with van der Waals surface area (Å²) in [6.07, 6.45) is 3.93. The van der Waals surface area contributed by atoms with Crippen molar-refractivity contribution >= 4 is 0 Å². The van der Waals surface area contributed by atoms with Gasteiger partial charge in [0.1, 0.15) is 5.75 Å². The maximum absolute atomic E-state index is 9.56. The molecule has 3 heteroatoms. The lowest BCUT2D eigenvalue weighted by atomic mass is 10.0. The average Bonchev–Trinajstić information content (AvgIpc) is 2.39. The van der Waals surface area contributed by atoms with Crippen molar-refractivity contribution in [1.82, 2.24) is 10.2 Å². The van der Waals surface area contributed by atoms with Gasteiger partial charge in [0.25, 0.3) is 0 Å². The lowest BCUT2D eigenvalue weighted by Crippen LogP contribution is -2.45. The van der Waals surface area contributed by atoms with Gasteiger partial charge in [0.05, 0.1) is 0 Å². The van der Waals surface area contributed by atoms with Crippen molar-refractivity contribution in [2.45, 2.75) is 51.7 Å². The standard InChI is InChI=1S/C16H26N2O/c1-13(2)18(12-15-7-3-4-9-17-15)11-14-6-5-8-16(19)10-14/h5-6,8,10,13,15,17,19H,3-4,7,9,11-12H2,1-2H3. The van der Waals surface area contributed by atoms with Crippen LogP contribution in [0.3, 0.4) is 0 Å². The topological polar surface area (TPSA) is 35.5 Å². The summed E-state index contributed by atoms with van der Waals surface area (Å²) in [5.41, 5.74) is 1.18. The number of phenolic OH excluding ortho intramolecular Hbond substituents is 1. The van der Waals surface area contributed by atoms with Crippen LogP contribution in [0.1, 0.15) is 38.7 Å². The summed E-state index contributed by atoms with van der Waals surface area (Å²) in [5.74, 6) is 0.358. The van der Waals surface area contributed by atoms with Crippen LogP contribution in [0.2, 0.25) is 0 Å². The maximum atomic E-state index is 9.56. The van der Waals surface area contributed by atoms with E-state index >= 15 is 0 Å². The lowest BCUT2D eigenvalue weighted by Gasteiger charge is -2.33. The Hall–Kier alpha value is -1.06. The summed E-state index contributed by atoms with van der Waals surface area (Å²) in [6, 6.07) is 8.74. The summed E-state index contributed by atoms with van der Waals surface area (Å²) < 4.78 is 0. The van der Waals surface area contributed by atoms with Crippen molar-refractivity contribution < 1.29 is 5.11 Å². The number of piperidine rings is 1. The van der Waals surface area contributed by atoms with Gasteiger partial charge in [0, 0.05) is 25.2 Å². The smallest absolute Gasteiger partial charge is 0.115 e. The monoisotopic (exact) mass is 262 g/mol. The third kappa shape index (κ3) is 4.51. The highest BCUT2D eigenvalue weighted by molar-refractivity contribution is 5.27. The molecule has 1 fully saturated rings. The molecule has 0 aromatic heterocycles. The summed E-state index contributed by atoms with van der Waals surface area (Å²) in [7, 11) is 0. The highest BCUT2D eigenvalue weighted by Crippen LogP contribution is 2.16. The zero-order chi connectivity index (χ0) is 13.7. The first-order chi connectivity index (χ1) is 9.15. The molecular weight excluding hydrogens is 236 g/mol. The average molecular weight is 262 g/mol. The van der Waals surface area contributed by atoms with Crippen LogP contribution in [0.5, 0.6) is 5.75 Å². The molecule has 0 spiro atoms. The van der Waals surface area contributed by atoms with Crippen LogP contribution in [0.4, 0.5) is 0 Å². The van der Waals surface area contributed by atoms with Crippen LogP contribution in [-0.2, 0) is 6.54 Å². The Morgan fingerprint density at radius 1 is 1.37 bits per heavy atom. The van der Waals surface area contributed by atoms with Crippen LogP contribution in [0, 0.1) is 0 Å². The molecule has 0 radical (unpaired) electrons. The molecule has 1 heterocycles. The second kappa shape index (κ2) is 6.92. The predicted molar refractivity (Wildman–Crippen MR) is 79.3 cm³/mol. The van der Waals surface area contributed by atoms with Gasteiger partial charge in [-0.3, -0.25) is 4.90 Å². The minimum Gasteiger partial charge on any atom is -0.508 e. The summed E-state index contributed by atoms with van der Waals surface area (Å²) in [6.45, 7) is 7.64. The molecule has 1 aliphatic rings. The minimum absolute atomic E-state index is 0.358. The normalized spacial score (nSPS) is 20.1. The van der Waals surface area contributed by atoms with Gasteiger partial charge in [-0.2, -0.15) is 0 Å². The molecule has 0 saturated carbocycles. The first kappa shape index (κ1) is 14.4. The molecule has 3 nitrogen and oxygen atoms in total. The molecule has 2 rings (SSSR count). The fourth-order valence-electron chi connectivity index (χ4n) is 2.71. The van der Waals surface area contributed by atoms with Crippen molar-refractivity contribution in [1.29, 1.82) is 0 Å². The van der Waals surface area contributed by atoms with Crippen LogP contribution in [0.15, 0.2) is 24.3 Å². The van der Waals surface area contributed by atoms with Gasteiger partial charge >= 0.3 is 0 Å². The fraction of sp³-hybridized carbons (Fsp3) is 0.625. The van der Waals surface area contributed by atoms with Crippen molar-refractivity contribution in [3.05, 3.63) is 29.8 Å². The highest BCUT2D eigenvalue weighted by Gasteiger charge is 2.18. The van der Waals surface area contributed by atoms with Crippen molar-refractivity contribution in [2.75, 3.05) is 13.1 Å². The number of hydrogen-bond donors (Lipinski definition) is 2. The zero-order valence-corrected chi connectivity index (χ0v) is 12.1. The van der Waals surface area contributed by atoms with E-state index in [1.807, 2.05) is 12.1 Å². The van der Waals surface area contributed by atoms with Gasteiger partial charge in [-0.25, -0.2) is 0 Å². The Balaban J connectivity index is 1.95. The second-order valence-electron chi connectivity index (χ2n) is 5.84. The molecule has 2 N–H and O–H groups in total. The van der Waals surface area contributed by atoms with Crippen molar-refractivity contribution in [3.63, 3.8) is 0 Å². The van der Waals surface area contributed by atoms with E-state index in [1.54, 1.807) is 6.07 Å². The minimum atomic E-state index is 0.358. The Morgan fingerprint density at radius 2 is 2.21 bits per heavy atom. The number of hydrogen-bond acceptors (Lipinski definition) is 3. The SMILES string of the molecule is CC(C)N(Cc1cccc(O)c1)CC1CCCCN1. The third-order valence-electron chi connectivity index (χ3n) is 3.89. The number of nitrogens with zero attached hydrogens (tertiary/aromatic N) is 1. The molecular formula is C16H26N2O. The second-order valence-corrected chi connectivity index (χ2v) is 5.84. The van der Waals surface area contributed by atoms with E-state index in [1.165, 1.54) is 24.8 Å². The van der Waals surface area contributed by atoms with Crippen LogP contribution < -0.4 is 5.32 Å². The number of phenols is 1. The van der Waals surface area contributed by atoms with E-state index in [9.17, 15) is 5.11 Å². The number of nitrogens with one attached hydrogen (secondary N) is 1. The molecule has 19 heavy (non-hydrogen) atoms. The molecule has 1 unspecified atom stereocenters. The molecule has 1 atom stereocenters. The fourth-order valence-corrected chi connectivity index (χ4v) is 2.71. The van der Waals surface area contributed by atoms with Gasteiger partial charge in [-0.1, -0.05) is 18.6 Å². The molecule has 106 valence electrons. The number of rotatable bonds is 5. The highest BCUT2D eigenvalue weighted by atomic mass is 16.3. The van der Waals surface area contributed by atoms with Crippen molar-refractivity contribution in [3.8, 4) is 5.75 Å². The Bertz CT molecular complexity index is 386. The Labute approximate surface area is 116 Å². The predicted octanol–water partition coefficient (Wildman–Crippen LogP) is 2.74. The number of aromatic hydroxyl groups is 1. The van der Waals surface area contributed by atoms with Gasteiger partial charge < -0.3 is 10.4 Å². The maximum Gasteiger partial charge on any atom is 0.115 e. The Kier molecular flexibility index (Phi) is 5.23. The van der Waals surface area contributed by atoms with E-state index in [2.05, 4.69) is 30.1 Å². The van der Waals surface area contributed by atoms with Gasteiger partial charge in [0.2, 0.25) is 0 Å². The van der Waals surface area contributed by atoms with E-state index < -0.39 is 0 Å². The molecule has 0 amide bonds. The number of benzene rings is 1. The van der Waals surface area contributed by atoms with E-state index in [4.69, 9.17) is 0 Å². The zero-order valence-electron chi connectivity index (χ0n) is 12.1. The first-order valence-corrected chi connectivity index (χ1v) is 7.40. The molecule has 1 aliphatic heterocycles. The quantitative estimate of drug-likeness (QED) is 0.856. The van der Waals surface area contributed by atoms with Crippen LogP contribution in [-0.4, -0.2) is 35.2 Å². The molecule has 0 bridgehead atoms. The van der Waals surface area contributed by atoms with Crippen LogP contribution in [0.25, 0.3) is 0 Å². The molecule has 1 saturated heterocycles. The lowest BCUT2D eigenvalue weighted by molar-refractivity contribution is 0.177.